The van der Waals surface area contributed by atoms with Gasteiger partial charge in [-0.05, 0) is 41.8 Å². The van der Waals surface area contributed by atoms with Crippen molar-refractivity contribution in [3.05, 3.63) is 59.7 Å². The Balaban J connectivity index is 2.11. The topological polar surface area (TPSA) is 47.6 Å². The van der Waals surface area contributed by atoms with E-state index in [1.165, 1.54) is 11.6 Å². The number of methoxy groups -OCH3 is 2. The Kier molecular flexibility index (Phi) is 6.01. The fourth-order valence-corrected chi connectivity index (χ4v) is 2.34. The summed E-state index contributed by atoms with van der Waals surface area (Å²) in [4.78, 5) is 12.1. The zero-order valence-corrected chi connectivity index (χ0v) is 14.5. The van der Waals surface area contributed by atoms with Gasteiger partial charge in [-0.2, -0.15) is 0 Å². The minimum atomic E-state index is -0.208. The van der Waals surface area contributed by atoms with Crippen LogP contribution in [0.25, 0.3) is 6.08 Å². The maximum absolute atomic E-state index is 12.1. The highest BCUT2D eigenvalue weighted by Crippen LogP contribution is 2.29. The molecule has 0 saturated heterocycles. The van der Waals surface area contributed by atoms with Crippen LogP contribution in [0.5, 0.6) is 11.5 Å². The van der Waals surface area contributed by atoms with Crippen molar-refractivity contribution in [3.8, 4) is 11.5 Å². The number of rotatable bonds is 6. The molecule has 1 amide bonds. The summed E-state index contributed by atoms with van der Waals surface area (Å²) >= 11 is 0. The van der Waals surface area contributed by atoms with E-state index in [0.717, 1.165) is 11.3 Å². The first-order valence-corrected chi connectivity index (χ1v) is 7.85. The SMILES string of the molecule is COc1cccc(OC)c1/C=C/C(=O)Nc1ccc(C(C)C)cc1. The van der Waals surface area contributed by atoms with E-state index in [0.29, 0.717) is 17.4 Å². The van der Waals surface area contributed by atoms with Crippen LogP contribution >= 0.6 is 0 Å². The maximum atomic E-state index is 12.1. The molecule has 0 radical (unpaired) electrons. The van der Waals surface area contributed by atoms with Crippen LogP contribution in [0.15, 0.2) is 48.5 Å². The fraction of sp³-hybridized carbons (Fsp3) is 0.250. The van der Waals surface area contributed by atoms with Gasteiger partial charge < -0.3 is 14.8 Å². The molecule has 0 aliphatic heterocycles. The summed E-state index contributed by atoms with van der Waals surface area (Å²) in [5, 5.41) is 2.85. The molecule has 2 aromatic rings. The quantitative estimate of drug-likeness (QED) is 0.797. The van der Waals surface area contributed by atoms with Gasteiger partial charge in [0.2, 0.25) is 5.91 Å². The molecule has 2 rings (SSSR count). The number of hydrogen-bond donors (Lipinski definition) is 1. The van der Waals surface area contributed by atoms with E-state index in [2.05, 4.69) is 19.2 Å². The largest absolute Gasteiger partial charge is 0.496 e. The smallest absolute Gasteiger partial charge is 0.248 e. The van der Waals surface area contributed by atoms with Crippen molar-refractivity contribution in [1.82, 2.24) is 0 Å². The average Bonchev–Trinajstić information content (AvgIpc) is 2.59. The highest BCUT2D eigenvalue weighted by atomic mass is 16.5. The molecule has 0 saturated carbocycles. The van der Waals surface area contributed by atoms with Gasteiger partial charge in [-0.25, -0.2) is 0 Å². The van der Waals surface area contributed by atoms with E-state index in [1.807, 2.05) is 42.5 Å². The summed E-state index contributed by atoms with van der Waals surface area (Å²) in [7, 11) is 3.17. The second-order valence-corrected chi connectivity index (χ2v) is 5.68. The van der Waals surface area contributed by atoms with E-state index < -0.39 is 0 Å². The zero-order valence-electron chi connectivity index (χ0n) is 14.5. The first-order chi connectivity index (χ1) is 11.5. The molecule has 4 nitrogen and oxygen atoms in total. The molecule has 1 N–H and O–H groups in total. The van der Waals surface area contributed by atoms with Gasteiger partial charge >= 0.3 is 0 Å². The van der Waals surface area contributed by atoms with Gasteiger partial charge in [0, 0.05) is 11.8 Å². The second kappa shape index (κ2) is 8.20. The molecule has 0 heterocycles. The van der Waals surface area contributed by atoms with E-state index in [-0.39, 0.29) is 5.91 Å². The number of benzene rings is 2. The molecule has 126 valence electrons. The Morgan fingerprint density at radius 2 is 1.58 bits per heavy atom. The normalized spacial score (nSPS) is 10.9. The van der Waals surface area contributed by atoms with Gasteiger partial charge in [-0.3, -0.25) is 4.79 Å². The second-order valence-electron chi connectivity index (χ2n) is 5.68. The summed E-state index contributed by atoms with van der Waals surface area (Å²) in [6, 6.07) is 13.3. The zero-order chi connectivity index (χ0) is 17.5. The van der Waals surface area contributed by atoms with E-state index in [4.69, 9.17) is 9.47 Å². The van der Waals surface area contributed by atoms with Gasteiger partial charge in [0.05, 0.1) is 19.8 Å². The van der Waals surface area contributed by atoms with Crippen LogP contribution in [0.4, 0.5) is 5.69 Å². The number of amides is 1. The van der Waals surface area contributed by atoms with Gasteiger partial charge in [0.25, 0.3) is 0 Å². The Bertz CT molecular complexity index is 696. The third kappa shape index (κ3) is 4.38. The van der Waals surface area contributed by atoms with Gasteiger partial charge in [-0.1, -0.05) is 32.0 Å². The summed E-state index contributed by atoms with van der Waals surface area (Å²) in [5.74, 6) is 1.56. The molecule has 0 bridgehead atoms. The third-order valence-electron chi connectivity index (χ3n) is 3.71. The van der Waals surface area contributed by atoms with Crippen molar-refractivity contribution in [2.24, 2.45) is 0 Å². The van der Waals surface area contributed by atoms with Gasteiger partial charge in [-0.15, -0.1) is 0 Å². The van der Waals surface area contributed by atoms with Crippen molar-refractivity contribution in [3.63, 3.8) is 0 Å². The molecule has 0 unspecified atom stereocenters. The summed E-state index contributed by atoms with van der Waals surface area (Å²) < 4.78 is 10.6. The molecular weight excluding hydrogens is 302 g/mol. The Morgan fingerprint density at radius 3 is 2.08 bits per heavy atom. The minimum Gasteiger partial charge on any atom is -0.496 e. The van der Waals surface area contributed by atoms with E-state index in [9.17, 15) is 4.79 Å². The highest BCUT2D eigenvalue weighted by Gasteiger charge is 2.07. The number of carbonyl (C=O) groups excluding carboxylic acids is 1. The van der Waals surface area contributed by atoms with E-state index >= 15 is 0 Å². The van der Waals surface area contributed by atoms with Crippen molar-refractivity contribution in [2.45, 2.75) is 19.8 Å². The van der Waals surface area contributed by atoms with Crippen molar-refractivity contribution in [2.75, 3.05) is 19.5 Å². The standard InChI is InChI=1S/C20H23NO3/c1-14(2)15-8-10-16(11-9-15)21-20(22)13-12-17-18(23-3)6-5-7-19(17)24-4/h5-14H,1-4H3,(H,21,22)/b13-12+. The van der Waals surface area contributed by atoms with Crippen molar-refractivity contribution < 1.29 is 14.3 Å². The molecule has 0 fully saturated rings. The van der Waals surface area contributed by atoms with Crippen molar-refractivity contribution in [1.29, 1.82) is 0 Å². The lowest BCUT2D eigenvalue weighted by molar-refractivity contribution is -0.111. The first kappa shape index (κ1) is 17.6. The third-order valence-corrected chi connectivity index (χ3v) is 3.71. The number of carbonyl (C=O) groups is 1. The number of anilines is 1. The molecule has 0 aromatic heterocycles. The summed E-state index contributed by atoms with van der Waals surface area (Å²) in [6.45, 7) is 4.27. The molecule has 0 aliphatic carbocycles. The monoisotopic (exact) mass is 325 g/mol. The molecule has 2 aromatic carbocycles. The molecule has 4 heteroatoms. The minimum absolute atomic E-state index is 0.208. The summed E-state index contributed by atoms with van der Waals surface area (Å²) in [6.07, 6.45) is 3.16. The van der Waals surface area contributed by atoms with Crippen LogP contribution < -0.4 is 14.8 Å². The predicted octanol–water partition coefficient (Wildman–Crippen LogP) is 4.48. The van der Waals surface area contributed by atoms with Crippen LogP contribution in [-0.4, -0.2) is 20.1 Å². The van der Waals surface area contributed by atoms with Gasteiger partial charge in [0.15, 0.2) is 0 Å². The Labute approximate surface area is 143 Å². The number of hydrogen-bond acceptors (Lipinski definition) is 3. The molecular formula is C20H23NO3. The molecule has 24 heavy (non-hydrogen) atoms. The average molecular weight is 325 g/mol. The maximum Gasteiger partial charge on any atom is 0.248 e. The summed E-state index contributed by atoms with van der Waals surface area (Å²) in [5.41, 5.74) is 2.73. The van der Waals surface area contributed by atoms with Crippen LogP contribution in [0.2, 0.25) is 0 Å². The number of nitrogens with one attached hydrogen (secondary N) is 1. The van der Waals surface area contributed by atoms with Gasteiger partial charge in [0.1, 0.15) is 11.5 Å². The lowest BCUT2D eigenvalue weighted by atomic mass is 10.0. The fourth-order valence-electron chi connectivity index (χ4n) is 2.34. The Morgan fingerprint density at radius 1 is 1.00 bits per heavy atom. The highest BCUT2D eigenvalue weighted by molar-refractivity contribution is 6.02. The lowest BCUT2D eigenvalue weighted by Crippen LogP contribution is -2.07. The molecule has 0 aliphatic rings. The first-order valence-electron chi connectivity index (χ1n) is 7.85. The molecule has 0 atom stereocenters. The van der Waals surface area contributed by atoms with Crippen LogP contribution in [0, 0.1) is 0 Å². The van der Waals surface area contributed by atoms with Crippen LogP contribution in [-0.2, 0) is 4.79 Å². The molecule has 0 spiro atoms. The van der Waals surface area contributed by atoms with Crippen LogP contribution in [0.3, 0.4) is 0 Å². The van der Waals surface area contributed by atoms with E-state index in [1.54, 1.807) is 20.3 Å². The Hall–Kier alpha value is -2.75. The lowest BCUT2D eigenvalue weighted by Gasteiger charge is -2.10. The van der Waals surface area contributed by atoms with Crippen molar-refractivity contribution >= 4 is 17.7 Å². The van der Waals surface area contributed by atoms with Crippen LogP contribution in [0.1, 0.15) is 30.9 Å². The predicted molar refractivity (Wildman–Crippen MR) is 97.7 cm³/mol. The number of ether oxygens (including phenoxy) is 2.